The van der Waals surface area contributed by atoms with Crippen molar-refractivity contribution in [1.29, 1.82) is 0 Å². The van der Waals surface area contributed by atoms with E-state index in [1.54, 1.807) is 36.0 Å². The minimum absolute atomic E-state index is 0.0343. The van der Waals surface area contributed by atoms with Crippen LogP contribution < -0.4 is 14.9 Å². The van der Waals surface area contributed by atoms with Crippen LogP contribution in [0.15, 0.2) is 131 Å². The molecule has 7 rings (SSSR count). The van der Waals surface area contributed by atoms with Crippen LogP contribution in [-0.4, -0.2) is 69.9 Å². The Morgan fingerprint density at radius 2 is 1.56 bits per heavy atom. The summed E-state index contributed by atoms with van der Waals surface area (Å²) < 4.78 is 34.6. The van der Waals surface area contributed by atoms with E-state index in [2.05, 4.69) is 68.4 Å². The third kappa shape index (κ3) is 8.65. The van der Waals surface area contributed by atoms with Crippen LogP contribution in [0.4, 0.5) is 11.4 Å². The highest BCUT2D eigenvalue weighted by Gasteiger charge is 2.30. The summed E-state index contributed by atoms with van der Waals surface area (Å²) in [5, 5.41) is 4.48. The molecule has 52 heavy (non-hydrogen) atoms. The van der Waals surface area contributed by atoms with Crippen molar-refractivity contribution in [2.75, 3.05) is 49.6 Å². The predicted molar refractivity (Wildman–Crippen MR) is 211 cm³/mol. The van der Waals surface area contributed by atoms with Crippen molar-refractivity contribution in [3.8, 4) is 11.1 Å². The van der Waals surface area contributed by atoms with Gasteiger partial charge in [0.05, 0.1) is 29.4 Å². The van der Waals surface area contributed by atoms with Crippen molar-refractivity contribution in [3.05, 3.63) is 143 Å². The Labute approximate surface area is 315 Å². The molecule has 2 N–H and O–H groups in total. The van der Waals surface area contributed by atoms with Gasteiger partial charge in [0.1, 0.15) is 0 Å². The summed E-state index contributed by atoms with van der Waals surface area (Å²) in [6, 6.07) is 38.7. The monoisotopic (exact) mass is 752 g/mol. The average Bonchev–Trinajstić information content (AvgIpc) is 3.59. The number of nitrogens with one attached hydrogen (secondary N) is 2. The quantitative estimate of drug-likeness (QED) is 0.142. The molecular weight excluding hydrogens is 712 g/mol. The van der Waals surface area contributed by atoms with Gasteiger partial charge in [0.15, 0.2) is 0 Å². The molecule has 0 spiro atoms. The van der Waals surface area contributed by atoms with E-state index in [9.17, 15) is 13.2 Å². The van der Waals surface area contributed by atoms with E-state index in [0.717, 1.165) is 60.2 Å². The Morgan fingerprint density at radius 3 is 2.29 bits per heavy atom. The maximum absolute atomic E-state index is 13.3. The van der Waals surface area contributed by atoms with Crippen molar-refractivity contribution in [2.24, 2.45) is 0 Å². The summed E-state index contributed by atoms with van der Waals surface area (Å²) >= 11 is 7.88. The first-order valence-electron chi connectivity index (χ1n) is 17.4. The van der Waals surface area contributed by atoms with Crippen LogP contribution in [0.25, 0.3) is 11.1 Å². The number of hydrogen-bond donors (Lipinski definition) is 2. The van der Waals surface area contributed by atoms with Gasteiger partial charge in [-0.25, -0.2) is 13.1 Å². The van der Waals surface area contributed by atoms with Crippen LogP contribution in [0.3, 0.4) is 0 Å². The van der Waals surface area contributed by atoms with Crippen molar-refractivity contribution >= 4 is 50.7 Å². The number of anilines is 2. The van der Waals surface area contributed by atoms with E-state index in [-0.39, 0.29) is 21.8 Å². The molecule has 2 heterocycles. The Kier molecular flexibility index (Phi) is 11.2. The third-order valence-corrected chi connectivity index (χ3v) is 12.5. The highest BCUT2D eigenvalue weighted by molar-refractivity contribution is 8.00. The SMILES string of the molecule is Cc1cc(S(=O)(=O)NC(=O)c2ccc(N3CCN(Cc4ccccc4-c4ccc(Cl)cc4)CC3)cc2)ccc1NC1COCC1Sc1ccccc1. The Morgan fingerprint density at radius 1 is 0.846 bits per heavy atom. The van der Waals surface area contributed by atoms with Crippen molar-refractivity contribution in [1.82, 2.24) is 9.62 Å². The van der Waals surface area contributed by atoms with Crippen LogP contribution in [0.1, 0.15) is 21.5 Å². The summed E-state index contributed by atoms with van der Waals surface area (Å²) in [7, 11) is -4.09. The second-order valence-corrected chi connectivity index (χ2v) is 16.6. The number of amides is 1. The van der Waals surface area contributed by atoms with Gasteiger partial charge in [-0.1, -0.05) is 66.2 Å². The molecule has 8 nitrogen and oxygen atoms in total. The van der Waals surface area contributed by atoms with E-state index in [0.29, 0.717) is 13.2 Å². The minimum atomic E-state index is -4.09. The number of rotatable bonds is 11. The van der Waals surface area contributed by atoms with Gasteiger partial charge in [-0.3, -0.25) is 9.69 Å². The Balaban J connectivity index is 0.924. The van der Waals surface area contributed by atoms with Crippen LogP contribution in [0, 0.1) is 6.92 Å². The second kappa shape index (κ2) is 16.1. The largest absolute Gasteiger partial charge is 0.379 e. The molecule has 0 radical (unpaired) electrons. The molecule has 5 aromatic carbocycles. The maximum Gasteiger partial charge on any atom is 0.264 e. The number of piperazine rings is 1. The molecular formula is C41H41ClN4O4S2. The lowest BCUT2D eigenvalue weighted by Gasteiger charge is -2.36. The molecule has 1 amide bonds. The van der Waals surface area contributed by atoms with Crippen LogP contribution in [-0.2, 0) is 21.3 Å². The van der Waals surface area contributed by atoms with E-state index in [1.165, 1.54) is 22.1 Å². The lowest BCUT2D eigenvalue weighted by atomic mass is 9.99. The van der Waals surface area contributed by atoms with Crippen molar-refractivity contribution < 1.29 is 17.9 Å². The van der Waals surface area contributed by atoms with E-state index >= 15 is 0 Å². The molecule has 5 aromatic rings. The van der Waals surface area contributed by atoms with Crippen LogP contribution >= 0.6 is 23.4 Å². The first-order valence-corrected chi connectivity index (χ1v) is 20.1. The molecule has 2 aliphatic rings. The van der Waals surface area contributed by atoms with Gasteiger partial charge in [-0.05, 0) is 95.9 Å². The number of carbonyl (C=O) groups is 1. The minimum Gasteiger partial charge on any atom is -0.379 e. The first kappa shape index (κ1) is 36.1. The van der Waals surface area contributed by atoms with Gasteiger partial charge in [0, 0.05) is 59.6 Å². The molecule has 2 saturated heterocycles. The van der Waals surface area contributed by atoms with Gasteiger partial charge in [0.25, 0.3) is 15.9 Å². The maximum atomic E-state index is 13.3. The number of hydrogen-bond acceptors (Lipinski definition) is 8. The molecule has 0 saturated carbocycles. The van der Waals surface area contributed by atoms with Gasteiger partial charge in [-0.15, -0.1) is 11.8 Å². The number of benzene rings is 5. The molecule has 2 aliphatic heterocycles. The Hall–Kier alpha value is -4.32. The van der Waals surface area contributed by atoms with E-state index < -0.39 is 15.9 Å². The summed E-state index contributed by atoms with van der Waals surface area (Å²) in [6.07, 6.45) is 0. The highest BCUT2D eigenvalue weighted by Crippen LogP contribution is 2.32. The zero-order valence-corrected chi connectivity index (χ0v) is 31.3. The molecule has 268 valence electrons. The normalized spacial score (nSPS) is 17.9. The number of carbonyl (C=O) groups excluding carboxylic acids is 1. The van der Waals surface area contributed by atoms with E-state index in [4.69, 9.17) is 16.3 Å². The molecule has 0 aromatic heterocycles. The number of nitrogens with zero attached hydrogens (tertiary/aromatic N) is 2. The third-order valence-electron chi connectivity index (χ3n) is 9.57. The topological polar surface area (TPSA) is 91.0 Å². The van der Waals surface area contributed by atoms with E-state index in [1.807, 2.05) is 49.4 Å². The molecule has 2 unspecified atom stereocenters. The number of ether oxygens (including phenoxy) is 1. The number of sulfonamides is 1. The number of thioether (sulfide) groups is 1. The van der Waals surface area contributed by atoms with Crippen LogP contribution in [0.5, 0.6) is 0 Å². The molecule has 0 aliphatic carbocycles. The molecule has 11 heteroatoms. The second-order valence-electron chi connectivity index (χ2n) is 13.1. The van der Waals surface area contributed by atoms with Crippen molar-refractivity contribution in [3.63, 3.8) is 0 Å². The number of halogens is 1. The fourth-order valence-electron chi connectivity index (χ4n) is 6.66. The highest BCUT2D eigenvalue weighted by atomic mass is 35.5. The molecule has 0 bridgehead atoms. The summed E-state index contributed by atoms with van der Waals surface area (Å²) in [5.41, 5.74) is 6.51. The lowest BCUT2D eigenvalue weighted by molar-refractivity contribution is 0.0981. The Bertz CT molecular complexity index is 2110. The van der Waals surface area contributed by atoms with Gasteiger partial charge in [-0.2, -0.15) is 0 Å². The van der Waals surface area contributed by atoms with Crippen LogP contribution in [0.2, 0.25) is 5.02 Å². The summed E-state index contributed by atoms with van der Waals surface area (Å²) in [6.45, 7) is 7.38. The average molecular weight is 753 g/mol. The summed E-state index contributed by atoms with van der Waals surface area (Å²) in [4.78, 5) is 19.1. The zero-order valence-electron chi connectivity index (χ0n) is 28.9. The van der Waals surface area contributed by atoms with Gasteiger partial charge < -0.3 is 15.0 Å². The van der Waals surface area contributed by atoms with Gasteiger partial charge >= 0.3 is 0 Å². The predicted octanol–water partition coefficient (Wildman–Crippen LogP) is 7.73. The first-order chi connectivity index (χ1) is 25.2. The summed E-state index contributed by atoms with van der Waals surface area (Å²) in [5.74, 6) is -0.667. The zero-order chi connectivity index (χ0) is 36.1. The lowest BCUT2D eigenvalue weighted by Crippen LogP contribution is -2.46. The molecule has 2 fully saturated rings. The van der Waals surface area contributed by atoms with Gasteiger partial charge in [0.2, 0.25) is 0 Å². The smallest absolute Gasteiger partial charge is 0.264 e. The van der Waals surface area contributed by atoms with Crippen molar-refractivity contribution in [2.45, 2.75) is 34.6 Å². The number of aryl methyl sites for hydroxylation is 1. The standard InChI is InChI=1S/C41H41ClN4O4S2/c1-29-25-36(19-20-38(29)43-39-27-50-28-40(39)51-35-8-3-2-4-9-35)52(48,49)44-41(47)31-13-17-34(18-14-31)46-23-21-45(22-24-46)26-32-7-5-6-10-37(32)30-11-15-33(42)16-12-30/h2-20,25,39-40,43H,21-24,26-28H2,1H3,(H,44,47). The fourth-order valence-corrected chi connectivity index (χ4v) is 8.99. The fraction of sp³-hybridized carbons (Fsp3) is 0.244. The molecule has 2 atom stereocenters.